The summed E-state index contributed by atoms with van der Waals surface area (Å²) in [5, 5.41) is 4.44. The summed E-state index contributed by atoms with van der Waals surface area (Å²) in [4.78, 5) is 16.0. The van der Waals surface area contributed by atoms with Crippen LogP contribution in [0.25, 0.3) is 21.6 Å². The van der Waals surface area contributed by atoms with Gasteiger partial charge in [0.05, 0.1) is 18.2 Å². The van der Waals surface area contributed by atoms with E-state index in [1.807, 2.05) is 36.4 Å². The Balaban J connectivity index is 1.87. The van der Waals surface area contributed by atoms with Crippen LogP contribution in [-0.4, -0.2) is 22.1 Å². The predicted octanol–water partition coefficient (Wildman–Crippen LogP) is 5.07. The lowest BCUT2D eigenvalue weighted by atomic mass is 10.2. The first kappa shape index (κ1) is 16.5. The molecule has 1 N–H and O–H groups in total. The molecule has 0 saturated carbocycles. The van der Waals surface area contributed by atoms with Crippen LogP contribution >= 0.6 is 11.3 Å². The quantitative estimate of drug-likeness (QED) is 0.537. The number of hydrogen-bond acceptors (Lipinski definition) is 6. The molecule has 0 aliphatic heterocycles. The highest BCUT2D eigenvalue weighted by Crippen LogP contribution is 2.35. The zero-order valence-corrected chi connectivity index (χ0v) is 15.4. The number of nitrogens with zero attached hydrogens (tertiary/aromatic N) is 3. The van der Waals surface area contributed by atoms with Crippen molar-refractivity contribution in [3.05, 3.63) is 59.7 Å². The molecule has 0 bridgehead atoms. The Kier molecular flexibility index (Phi) is 4.50. The number of benzene rings is 1. The van der Waals surface area contributed by atoms with Gasteiger partial charge in [-0.25, -0.2) is 9.97 Å². The Morgan fingerprint density at radius 2 is 2.00 bits per heavy atom. The largest absolute Gasteiger partial charge is 0.495 e. The number of aryl methyl sites for hydroxylation is 1. The summed E-state index contributed by atoms with van der Waals surface area (Å²) in [5.74, 6) is 2.20. The highest BCUT2D eigenvalue weighted by Gasteiger charge is 2.14. The predicted molar refractivity (Wildman–Crippen MR) is 106 cm³/mol. The van der Waals surface area contributed by atoms with E-state index in [1.165, 1.54) is 4.88 Å². The van der Waals surface area contributed by atoms with E-state index in [-0.39, 0.29) is 0 Å². The second kappa shape index (κ2) is 7.09. The maximum atomic E-state index is 5.46. The maximum Gasteiger partial charge on any atom is 0.164 e. The van der Waals surface area contributed by atoms with Gasteiger partial charge in [0, 0.05) is 22.8 Å². The van der Waals surface area contributed by atoms with Gasteiger partial charge < -0.3 is 10.1 Å². The molecule has 1 aromatic carbocycles. The summed E-state index contributed by atoms with van der Waals surface area (Å²) in [6, 6.07) is 13.8. The highest BCUT2D eigenvalue weighted by atomic mass is 32.1. The summed E-state index contributed by atoms with van der Waals surface area (Å²) in [7, 11) is 1.66. The summed E-state index contributed by atoms with van der Waals surface area (Å²) in [5.41, 5.74) is 1.76. The molecule has 0 saturated heterocycles. The van der Waals surface area contributed by atoms with Gasteiger partial charge in [-0.05, 0) is 36.8 Å². The number of thiophene rings is 1. The number of aromatic nitrogens is 3. The number of methoxy groups -OCH3 is 1. The Hall–Kier alpha value is -2.99. The zero-order valence-electron chi connectivity index (χ0n) is 14.6. The molecule has 0 atom stereocenters. The van der Waals surface area contributed by atoms with Crippen LogP contribution in [0.4, 0.5) is 11.5 Å². The van der Waals surface area contributed by atoms with Crippen molar-refractivity contribution in [3.8, 4) is 17.1 Å². The molecule has 0 unspecified atom stereocenters. The molecule has 6 heteroatoms. The SMILES string of the molecule is CCc1cc2c(Nc3ccccc3OC)nc(-c3cccnc3)nc2s1. The van der Waals surface area contributed by atoms with E-state index >= 15 is 0 Å². The maximum absolute atomic E-state index is 5.46. The molecule has 0 fully saturated rings. The highest BCUT2D eigenvalue weighted by molar-refractivity contribution is 7.18. The monoisotopic (exact) mass is 362 g/mol. The minimum absolute atomic E-state index is 0.660. The van der Waals surface area contributed by atoms with E-state index in [9.17, 15) is 0 Å². The number of hydrogen-bond donors (Lipinski definition) is 1. The van der Waals surface area contributed by atoms with E-state index in [1.54, 1.807) is 30.8 Å². The summed E-state index contributed by atoms with van der Waals surface area (Å²) < 4.78 is 5.46. The first-order chi connectivity index (χ1) is 12.8. The van der Waals surface area contributed by atoms with Gasteiger partial charge in [-0.3, -0.25) is 4.98 Å². The van der Waals surface area contributed by atoms with Crippen molar-refractivity contribution >= 4 is 33.1 Å². The molecular weight excluding hydrogens is 344 g/mol. The van der Waals surface area contributed by atoms with Crippen LogP contribution in [0.3, 0.4) is 0 Å². The fourth-order valence-corrected chi connectivity index (χ4v) is 3.71. The second-order valence-corrected chi connectivity index (χ2v) is 6.86. The van der Waals surface area contributed by atoms with Crippen LogP contribution in [0.1, 0.15) is 11.8 Å². The molecule has 0 spiro atoms. The number of rotatable bonds is 5. The van der Waals surface area contributed by atoms with Gasteiger partial charge >= 0.3 is 0 Å². The molecule has 0 amide bonds. The van der Waals surface area contributed by atoms with Gasteiger partial charge in [0.25, 0.3) is 0 Å². The molecule has 3 heterocycles. The minimum atomic E-state index is 0.660. The Morgan fingerprint density at radius 3 is 2.77 bits per heavy atom. The van der Waals surface area contributed by atoms with E-state index in [4.69, 9.17) is 14.7 Å². The number of nitrogens with one attached hydrogen (secondary N) is 1. The van der Waals surface area contributed by atoms with Crippen LogP contribution in [0.15, 0.2) is 54.9 Å². The van der Waals surface area contributed by atoms with Gasteiger partial charge in [0.2, 0.25) is 0 Å². The van der Waals surface area contributed by atoms with E-state index in [2.05, 4.69) is 23.3 Å². The number of fused-ring (bicyclic) bond motifs is 1. The summed E-state index contributed by atoms with van der Waals surface area (Å²) >= 11 is 1.70. The van der Waals surface area contributed by atoms with Crippen LogP contribution in [0.2, 0.25) is 0 Å². The third-order valence-corrected chi connectivity index (χ3v) is 5.25. The molecule has 5 nitrogen and oxygen atoms in total. The lowest BCUT2D eigenvalue weighted by Gasteiger charge is -2.12. The number of ether oxygens (including phenoxy) is 1. The van der Waals surface area contributed by atoms with Crippen molar-refractivity contribution in [2.24, 2.45) is 0 Å². The smallest absolute Gasteiger partial charge is 0.164 e. The number of anilines is 2. The van der Waals surface area contributed by atoms with Crippen molar-refractivity contribution in [1.29, 1.82) is 0 Å². The molecular formula is C20H18N4OS. The van der Waals surface area contributed by atoms with Gasteiger partial charge in [0.1, 0.15) is 16.4 Å². The van der Waals surface area contributed by atoms with Crippen molar-refractivity contribution in [1.82, 2.24) is 15.0 Å². The van der Waals surface area contributed by atoms with Crippen LogP contribution in [-0.2, 0) is 6.42 Å². The second-order valence-electron chi connectivity index (χ2n) is 5.75. The van der Waals surface area contributed by atoms with E-state index < -0.39 is 0 Å². The van der Waals surface area contributed by atoms with Crippen molar-refractivity contribution < 1.29 is 4.74 Å². The van der Waals surface area contributed by atoms with Crippen molar-refractivity contribution in [2.45, 2.75) is 13.3 Å². The van der Waals surface area contributed by atoms with Crippen molar-refractivity contribution in [2.75, 3.05) is 12.4 Å². The Bertz CT molecular complexity index is 1050. The first-order valence-electron chi connectivity index (χ1n) is 8.39. The van der Waals surface area contributed by atoms with Gasteiger partial charge in [-0.15, -0.1) is 11.3 Å². The molecule has 130 valence electrons. The standard InChI is InChI=1S/C20H18N4OS/c1-3-14-11-15-19(22-16-8-4-5-9-17(16)25-2)23-18(24-20(15)26-14)13-7-6-10-21-12-13/h4-12H,3H2,1-2H3,(H,22,23,24). The average molecular weight is 362 g/mol. The molecule has 4 aromatic rings. The molecule has 0 aliphatic carbocycles. The fourth-order valence-electron chi connectivity index (χ4n) is 2.74. The van der Waals surface area contributed by atoms with E-state index in [0.29, 0.717) is 5.82 Å². The number of pyridine rings is 1. The van der Waals surface area contributed by atoms with Crippen LogP contribution in [0.5, 0.6) is 5.75 Å². The number of para-hydroxylation sites is 2. The summed E-state index contributed by atoms with van der Waals surface area (Å²) in [6.45, 7) is 2.15. The normalized spacial score (nSPS) is 10.8. The Morgan fingerprint density at radius 1 is 1.12 bits per heavy atom. The van der Waals surface area contributed by atoms with E-state index in [0.717, 1.165) is 39.5 Å². The fraction of sp³-hybridized carbons (Fsp3) is 0.150. The minimum Gasteiger partial charge on any atom is -0.495 e. The Labute approximate surface area is 155 Å². The molecule has 26 heavy (non-hydrogen) atoms. The summed E-state index contributed by atoms with van der Waals surface area (Å²) in [6.07, 6.45) is 4.50. The van der Waals surface area contributed by atoms with Gasteiger partial charge in [0.15, 0.2) is 5.82 Å². The lowest BCUT2D eigenvalue weighted by Crippen LogP contribution is -1.99. The van der Waals surface area contributed by atoms with Crippen LogP contribution in [0, 0.1) is 0 Å². The zero-order chi connectivity index (χ0) is 17.9. The van der Waals surface area contributed by atoms with Gasteiger partial charge in [-0.1, -0.05) is 19.1 Å². The topological polar surface area (TPSA) is 59.9 Å². The van der Waals surface area contributed by atoms with Crippen molar-refractivity contribution in [3.63, 3.8) is 0 Å². The molecule has 0 aliphatic rings. The van der Waals surface area contributed by atoms with Crippen LogP contribution < -0.4 is 10.1 Å². The average Bonchev–Trinajstić information content (AvgIpc) is 3.13. The lowest BCUT2D eigenvalue weighted by molar-refractivity contribution is 0.417. The third-order valence-electron chi connectivity index (χ3n) is 4.07. The van der Waals surface area contributed by atoms with Gasteiger partial charge in [-0.2, -0.15) is 0 Å². The molecule has 0 radical (unpaired) electrons. The third kappa shape index (κ3) is 3.11. The molecule has 4 rings (SSSR count). The molecule has 3 aromatic heterocycles. The first-order valence-corrected chi connectivity index (χ1v) is 9.21.